The summed E-state index contributed by atoms with van der Waals surface area (Å²) in [5, 5.41) is 4.19. The molecular formula is C19H25N3O3. The third-order valence-corrected chi connectivity index (χ3v) is 4.75. The van der Waals surface area contributed by atoms with Crippen LogP contribution in [0.25, 0.3) is 10.9 Å². The molecule has 1 saturated heterocycles. The number of carbonyl (C=O) groups is 2. The molecule has 1 aromatic carbocycles. The Hall–Kier alpha value is -2.34. The molecule has 134 valence electrons. The maximum Gasteiger partial charge on any atom is 0.337 e. The van der Waals surface area contributed by atoms with E-state index in [1.165, 1.54) is 7.11 Å². The summed E-state index contributed by atoms with van der Waals surface area (Å²) in [6.45, 7) is 4.75. The minimum absolute atomic E-state index is 0.0320. The van der Waals surface area contributed by atoms with Crippen LogP contribution in [0.15, 0.2) is 24.3 Å². The Kier molecular flexibility index (Phi) is 5.38. The number of aromatic nitrogens is 1. The molecule has 0 aliphatic carbocycles. The monoisotopic (exact) mass is 343 g/mol. The second-order valence-electron chi connectivity index (χ2n) is 6.46. The number of piperidine rings is 1. The quantitative estimate of drug-likeness (QED) is 0.818. The van der Waals surface area contributed by atoms with Gasteiger partial charge in [-0.2, -0.15) is 0 Å². The second-order valence-corrected chi connectivity index (χ2v) is 6.46. The molecular weight excluding hydrogens is 318 g/mol. The van der Waals surface area contributed by atoms with Gasteiger partial charge in [-0.3, -0.25) is 4.79 Å². The lowest BCUT2D eigenvalue weighted by atomic mass is 10.0. The van der Waals surface area contributed by atoms with Crippen LogP contribution in [0.4, 0.5) is 0 Å². The molecule has 3 rings (SSSR count). The van der Waals surface area contributed by atoms with Gasteiger partial charge in [0.1, 0.15) is 5.69 Å². The number of nitrogens with zero attached hydrogens (tertiary/aromatic N) is 1. The van der Waals surface area contributed by atoms with E-state index in [1.54, 1.807) is 12.1 Å². The van der Waals surface area contributed by atoms with E-state index in [1.807, 2.05) is 17.0 Å². The van der Waals surface area contributed by atoms with Gasteiger partial charge in [0.05, 0.1) is 12.7 Å². The number of benzene rings is 1. The fraction of sp³-hybridized carbons (Fsp3) is 0.474. The summed E-state index contributed by atoms with van der Waals surface area (Å²) < 4.78 is 4.76. The summed E-state index contributed by atoms with van der Waals surface area (Å²) in [5.74, 6) is -0.345. The number of hydrogen-bond donors (Lipinski definition) is 2. The van der Waals surface area contributed by atoms with E-state index in [9.17, 15) is 9.59 Å². The van der Waals surface area contributed by atoms with Crippen LogP contribution in [-0.2, 0) is 4.74 Å². The Balaban J connectivity index is 1.87. The lowest BCUT2D eigenvalue weighted by Crippen LogP contribution is -2.46. The first-order valence-corrected chi connectivity index (χ1v) is 8.86. The molecule has 1 amide bonds. The van der Waals surface area contributed by atoms with Crippen LogP contribution in [0.3, 0.4) is 0 Å². The SMILES string of the molecule is CCCN(C(=O)c1cc2cc(C(=O)OC)ccc2[nH]1)C1CCNCC1. The van der Waals surface area contributed by atoms with Crippen molar-refractivity contribution in [1.29, 1.82) is 0 Å². The molecule has 6 heteroatoms. The van der Waals surface area contributed by atoms with Gasteiger partial charge in [-0.15, -0.1) is 0 Å². The molecule has 2 aromatic rings. The van der Waals surface area contributed by atoms with Crippen LogP contribution in [-0.4, -0.2) is 54.5 Å². The van der Waals surface area contributed by atoms with Crippen molar-refractivity contribution in [2.45, 2.75) is 32.2 Å². The lowest BCUT2D eigenvalue weighted by Gasteiger charge is -2.34. The molecule has 2 N–H and O–H groups in total. The smallest absolute Gasteiger partial charge is 0.337 e. The van der Waals surface area contributed by atoms with E-state index < -0.39 is 0 Å². The molecule has 0 atom stereocenters. The number of rotatable bonds is 5. The zero-order valence-corrected chi connectivity index (χ0v) is 14.8. The average Bonchev–Trinajstić information content (AvgIpc) is 3.09. The van der Waals surface area contributed by atoms with Crippen molar-refractivity contribution >= 4 is 22.8 Å². The van der Waals surface area contributed by atoms with Gasteiger partial charge in [-0.1, -0.05) is 6.92 Å². The first-order chi connectivity index (χ1) is 12.1. The first kappa shape index (κ1) is 17.5. The minimum Gasteiger partial charge on any atom is -0.465 e. The summed E-state index contributed by atoms with van der Waals surface area (Å²) in [6, 6.07) is 7.38. The Labute approximate surface area is 147 Å². The maximum atomic E-state index is 13.1. The highest BCUT2D eigenvalue weighted by atomic mass is 16.5. The summed E-state index contributed by atoms with van der Waals surface area (Å²) in [5.41, 5.74) is 1.90. The number of nitrogens with one attached hydrogen (secondary N) is 2. The number of amides is 1. The third-order valence-electron chi connectivity index (χ3n) is 4.75. The molecule has 25 heavy (non-hydrogen) atoms. The van der Waals surface area contributed by atoms with Gasteiger partial charge in [-0.25, -0.2) is 4.79 Å². The molecule has 1 aliphatic rings. The molecule has 1 aromatic heterocycles. The molecule has 0 saturated carbocycles. The van der Waals surface area contributed by atoms with Crippen molar-refractivity contribution in [2.24, 2.45) is 0 Å². The predicted molar refractivity (Wildman–Crippen MR) is 96.9 cm³/mol. The number of fused-ring (bicyclic) bond motifs is 1. The summed E-state index contributed by atoms with van der Waals surface area (Å²) in [7, 11) is 1.36. The van der Waals surface area contributed by atoms with E-state index >= 15 is 0 Å². The minimum atomic E-state index is -0.377. The van der Waals surface area contributed by atoms with Crippen molar-refractivity contribution in [3.8, 4) is 0 Å². The van der Waals surface area contributed by atoms with Crippen molar-refractivity contribution in [3.05, 3.63) is 35.5 Å². The van der Waals surface area contributed by atoms with Gasteiger partial charge in [0.25, 0.3) is 5.91 Å². The number of H-pyrrole nitrogens is 1. The van der Waals surface area contributed by atoms with E-state index in [0.717, 1.165) is 49.8 Å². The molecule has 2 heterocycles. The third kappa shape index (κ3) is 3.69. The number of aromatic amines is 1. The molecule has 0 radical (unpaired) electrons. The van der Waals surface area contributed by atoms with Gasteiger partial charge in [0.15, 0.2) is 0 Å². The van der Waals surface area contributed by atoms with Gasteiger partial charge >= 0.3 is 5.97 Å². The highest BCUT2D eigenvalue weighted by molar-refractivity contribution is 6.00. The highest BCUT2D eigenvalue weighted by Crippen LogP contribution is 2.21. The number of hydrogen-bond acceptors (Lipinski definition) is 4. The molecule has 0 bridgehead atoms. The Morgan fingerprint density at radius 2 is 2.00 bits per heavy atom. The highest BCUT2D eigenvalue weighted by Gasteiger charge is 2.26. The summed E-state index contributed by atoms with van der Waals surface area (Å²) in [6.07, 6.45) is 2.90. The number of esters is 1. The van der Waals surface area contributed by atoms with Crippen LogP contribution < -0.4 is 5.32 Å². The number of carbonyl (C=O) groups excluding carboxylic acids is 2. The molecule has 1 aliphatic heterocycles. The molecule has 6 nitrogen and oxygen atoms in total. The average molecular weight is 343 g/mol. The summed E-state index contributed by atoms with van der Waals surface area (Å²) >= 11 is 0. The second kappa shape index (κ2) is 7.70. The standard InChI is InChI=1S/C19H25N3O3/c1-3-10-22(15-6-8-20-9-7-15)18(23)17-12-14-11-13(19(24)25-2)4-5-16(14)21-17/h4-5,11-12,15,20-21H,3,6-10H2,1-2H3. The maximum absolute atomic E-state index is 13.1. The summed E-state index contributed by atoms with van der Waals surface area (Å²) in [4.78, 5) is 29.9. The predicted octanol–water partition coefficient (Wildman–Crippen LogP) is 2.56. The zero-order valence-electron chi connectivity index (χ0n) is 14.8. The fourth-order valence-corrected chi connectivity index (χ4v) is 3.46. The Morgan fingerprint density at radius 1 is 1.24 bits per heavy atom. The molecule has 1 fully saturated rings. The molecule has 0 spiro atoms. The fourth-order valence-electron chi connectivity index (χ4n) is 3.46. The normalized spacial score (nSPS) is 15.3. The van der Waals surface area contributed by atoms with E-state index in [-0.39, 0.29) is 17.9 Å². The van der Waals surface area contributed by atoms with Gasteiger partial charge in [0.2, 0.25) is 0 Å². The van der Waals surface area contributed by atoms with Gasteiger partial charge in [-0.05, 0) is 56.6 Å². The van der Waals surface area contributed by atoms with E-state index in [4.69, 9.17) is 4.74 Å². The van der Waals surface area contributed by atoms with Crippen molar-refractivity contribution in [3.63, 3.8) is 0 Å². The Bertz CT molecular complexity index is 762. The van der Waals surface area contributed by atoms with Crippen LogP contribution in [0.1, 0.15) is 47.0 Å². The first-order valence-electron chi connectivity index (χ1n) is 8.86. The van der Waals surface area contributed by atoms with Crippen molar-refractivity contribution in [1.82, 2.24) is 15.2 Å². The van der Waals surface area contributed by atoms with E-state index in [0.29, 0.717) is 11.3 Å². The van der Waals surface area contributed by atoms with E-state index in [2.05, 4.69) is 17.2 Å². The molecule has 0 unspecified atom stereocenters. The van der Waals surface area contributed by atoms with Crippen LogP contribution in [0.2, 0.25) is 0 Å². The van der Waals surface area contributed by atoms with Gasteiger partial charge in [0, 0.05) is 23.5 Å². The number of ether oxygens (including phenoxy) is 1. The van der Waals surface area contributed by atoms with Gasteiger partial charge < -0.3 is 19.9 Å². The largest absolute Gasteiger partial charge is 0.465 e. The van der Waals surface area contributed by atoms with Crippen molar-refractivity contribution < 1.29 is 14.3 Å². The lowest BCUT2D eigenvalue weighted by molar-refractivity contribution is 0.0599. The van der Waals surface area contributed by atoms with Crippen LogP contribution in [0.5, 0.6) is 0 Å². The Morgan fingerprint density at radius 3 is 2.68 bits per heavy atom. The van der Waals surface area contributed by atoms with Crippen LogP contribution in [0, 0.1) is 0 Å². The number of methoxy groups -OCH3 is 1. The zero-order chi connectivity index (χ0) is 17.8. The topological polar surface area (TPSA) is 74.4 Å². The van der Waals surface area contributed by atoms with Crippen LogP contribution >= 0.6 is 0 Å². The van der Waals surface area contributed by atoms with Crippen molar-refractivity contribution in [2.75, 3.05) is 26.7 Å².